The highest BCUT2D eigenvalue weighted by Crippen LogP contribution is 2.24. The van der Waals surface area contributed by atoms with Crippen molar-refractivity contribution in [2.75, 3.05) is 11.5 Å². The maximum absolute atomic E-state index is 13.4. The molecule has 0 unspecified atom stereocenters. The van der Waals surface area contributed by atoms with Crippen molar-refractivity contribution >= 4 is 28.3 Å². The van der Waals surface area contributed by atoms with Gasteiger partial charge in [-0.25, -0.2) is 4.39 Å². The lowest BCUT2D eigenvalue weighted by molar-refractivity contribution is -0.384. The topological polar surface area (TPSA) is 86.2 Å². The molecule has 0 aliphatic rings. The van der Waals surface area contributed by atoms with Gasteiger partial charge in [0.15, 0.2) is 5.12 Å². The molecule has 18 heavy (non-hydrogen) atoms. The maximum atomic E-state index is 13.4. The van der Waals surface area contributed by atoms with Gasteiger partial charge in [0.1, 0.15) is 11.5 Å². The van der Waals surface area contributed by atoms with Crippen molar-refractivity contribution in [3.8, 4) is 11.8 Å². The first-order chi connectivity index (χ1) is 8.41. The SMILES string of the molecule is CC(=O)SCC#Cc1cc([N+](=O)[O-])c(N)cc1F. The molecule has 0 aliphatic carbocycles. The van der Waals surface area contributed by atoms with E-state index in [2.05, 4.69) is 11.8 Å². The van der Waals surface area contributed by atoms with Crippen molar-refractivity contribution in [3.63, 3.8) is 0 Å². The lowest BCUT2D eigenvalue weighted by Gasteiger charge is -1.99. The summed E-state index contributed by atoms with van der Waals surface area (Å²) < 4.78 is 13.4. The van der Waals surface area contributed by atoms with Crippen molar-refractivity contribution in [3.05, 3.63) is 33.6 Å². The Morgan fingerprint density at radius 2 is 2.28 bits per heavy atom. The van der Waals surface area contributed by atoms with Crippen LogP contribution in [0.4, 0.5) is 15.8 Å². The van der Waals surface area contributed by atoms with E-state index in [1.165, 1.54) is 6.92 Å². The van der Waals surface area contributed by atoms with E-state index in [9.17, 15) is 19.3 Å². The van der Waals surface area contributed by atoms with E-state index in [4.69, 9.17) is 5.73 Å². The van der Waals surface area contributed by atoms with Crippen LogP contribution in [0.25, 0.3) is 0 Å². The third-order valence-electron chi connectivity index (χ3n) is 1.88. The molecule has 94 valence electrons. The fourth-order valence-electron chi connectivity index (χ4n) is 1.10. The molecular weight excluding hydrogens is 259 g/mol. The fraction of sp³-hybridized carbons (Fsp3) is 0.182. The van der Waals surface area contributed by atoms with E-state index in [0.29, 0.717) is 0 Å². The van der Waals surface area contributed by atoms with Gasteiger partial charge in [-0.15, -0.1) is 0 Å². The van der Waals surface area contributed by atoms with Crippen LogP contribution in [0.5, 0.6) is 0 Å². The van der Waals surface area contributed by atoms with E-state index < -0.39 is 10.7 Å². The van der Waals surface area contributed by atoms with Gasteiger partial charge in [0.25, 0.3) is 5.69 Å². The molecule has 7 heteroatoms. The smallest absolute Gasteiger partial charge is 0.293 e. The summed E-state index contributed by atoms with van der Waals surface area (Å²) in [4.78, 5) is 20.5. The minimum atomic E-state index is -0.724. The number of nitrogens with zero attached hydrogens (tertiary/aromatic N) is 1. The molecule has 0 saturated carbocycles. The van der Waals surface area contributed by atoms with Crippen LogP contribution < -0.4 is 5.73 Å². The first kappa shape index (κ1) is 14.0. The van der Waals surface area contributed by atoms with E-state index in [0.717, 1.165) is 23.9 Å². The minimum absolute atomic E-state index is 0.104. The van der Waals surface area contributed by atoms with Crippen LogP contribution in [0.15, 0.2) is 12.1 Å². The van der Waals surface area contributed by atoms with Crippen LogP contribution in [0.3, 0.4) is 0 Å². The number of rotatable bonds is 2. The average Bonchev–Trinajstić information content (AvgIpc) is 2.25. The molecule has 0 fully saturated rings. The largest absolute Gasteiger partial charge is 0.393 e. The highest BCUT2D eigenvalue weighted by Gasteiger charge is 2.15. The van der Waals surface area contributed by atoms with Crippen LogP contribution in [-0.4, -0.2) is 15.8 Å². The Labute approximate surface area is 107 Å². The van der Waals surface area contributed by atoms with E-state index in [-0.39, 0.29) is 27.8 Å². The van der Waals surface area contributed by atoms with Crippen LogP contribution >= 0.6 is 11.8 Å². The summed E-state index contributed by atoms with van der Waals surface area (Å²) in [5, 5.41) is 10.5. The summed E-state index contributed by atoms with van der Waals surface area (Å²) >= 11 is 0.976. The number of carbonyl (C=O) groups excluding carboxylic acids is 1. The van der Waals surface area contributed by atoms with Crippen molar-refractivity contribution in [1.82, 2.24) is 0 Å². The van der Waals surface area contributed by atoms with E-state index >= 15 is 0 Å². The summed E-state index contributed by atoms with van der Waals surface area (Å²) in [5.74, 6) is 4.46. The number of hydrogen-bond acceptors (Lipinski definition) is 5. The third-order valence-corrected chi connectivity index (χ3v) is 2.58. The first-order valence-electron chi connectivity index (χ1n) is 4.77. The van der Waals surface area contributed by atoms with E-state index in [1.54, 1.807) is 0 Å². The van der Waals surface area contributed by atoms with Gasteiger partial charge in [0.05, 0.1) is 16.2 Å². The fourth-order valence-corrected chi connectivity index (χ4v) is 1.45. The molecule has 0 aromatic heterocycles. The number of nitro groups is 1. The standard InChI is InChI=1S/C11H9FN2O3S/c1-7(15)18-4-2-3-8-5-11(14(16)17)10(13)6-9(8)12/h5-6H,4,13H2,1H3. The van der Waals surface area contributed by atoms with E-state index in [1.807, 2.05) is 0 Å². The molecule has 0 aliphatic heterocycles. The molecule has 0 atom stereocenters. The van der Waals surface area contributed by atoms with Gasteiger partial charge in [-0.05, 0) is 0 Å². The first-order valence-corrected chi connectivity index (χ1v) is 5.76. The molecule has 1 aromatic rings. The molecule has 0 amide bonds. The average molecular weight is 268 g/mol. The zero-order chi connectivity index (χ0) is 13.7. The van der Waals surface area contributed by atoms with Crippen molar-refractivity contribution < 1.29 is 14.1 Å². The Morgan fingerprint density at radius 3 is 2.83 bits per heavy atom. The van der Waals surface area contributed by atoms with Gasteiger partial charge in [-0.3, -0.25) is 14.9 Å². The summed E-state index contributed by atoms with van der Waals surface area (Å²) in [6.45, 7) is 1.39. The summed E-state index contributed by atoms with van der Waals surface area (Å²) in [5.41, 5.74) is 4.56. The summed E-state index contributed by atoms with van der Waals surface area (Å²) in [7, 11) is 0. The second-order valence-electron chi connectivity index (χ2n) is 3.23. The van der Waals surface area contributed by atoms with Crippen LogP contribution in [0.1, 0.15) is 12.5 Å². The second kappa shape index (κ2) is 6.02. The molecule has 0 spiro atoms. The number of anilines is 1. The van der Waals surface area contributed by atoms with Gasteiger partial charge in [0, 0.05) is 19.1 Å². The molecule has 2 N–H and O–H groups in total. The third kappa shape index (κ3) is 3.75. The summed E-state index contributed by atoms with van der Waals surface area (Å²) in [6.07, 6.45) is 0. The summed E-state index contributed by atoms with van der Waals surface area (Å²) in [6, 6.07) is 1.84. The molecule has 0 heterocycles. The zero-order valence-corrected chi connectivity index (χ0v) is 10.2. The van der Waals surface area contributed by atoms with Crippen LogP contribution in [0, 0.1) is 27.8 Å². The van der Waals surface area contributed by atoms with Gasteiger partial charge in [-0.2, -0.15) is 0 Å². The monoisotopic (exact) mass is 268 g/mol. The Bertz CT molecular complexity index is 563. The molecule has 5 nitrogen and oxygen atoms in total. The lowest BCUT2D eigenvalue weighted by Crippen LogP contribution is -1.98. The van der Waals surface area contributed by atoms with Crippen molar-refractivity contribution in [1.29, 1.82) is 0 Å². The molecule has 0 radical (unpaired) electrons. The lowest BCUT2D eigenvalue weighted by atomic mass is 10.1. The predicted molar refractivity (Wildman–Crippen MR) is 67.5 cm³/mol. The highest BCUT2D eigenvalue weighted by atomic mass is 32.2. The number of carbonyl (C=O) groups is 1. The number of nitrogen functional groups attached to an aromatic ring is 1. The van der Waals surface area contributed by atoms with Gasteiger partial charge >= 0.3 is 0 Å². The number of nitro benzene ring substituents is 1. The van der Waals surface area contributed by atoms with Gasteiger partial charge in [0.2, 0.25) is 0 Å². The minimum Gasteiger partial charge on any atom is -0.393 e. The maximum Gasteiger partial charge on any atom is 0.293 e. The molecular formula is C11H9FN2O3S. The molecule has 1 aromatic carbocycles. The quantitative estimate of drug-likeness (QED) is 0.383. The molecule has 0 bridgehead atoms. The molecule has 1 rings (SSSR count). The van der Waals surface area contributed by atoms with Gasteiger partial charge in [-0.1, -0.05) is 23.6 Å². The number of thioether (sulfide) groups is 1. The van der Waals surface area contributed by atoms with Gasteiger partial charge < -0.3 is 5.73 Å². The number of hydrogen-bond donors (Lipinski definition) is 1. The number of benzene rings is 1. The Morgan fingerprint density at radius 1 is 1.61 bits per heavy atom. The number of nitrogens with two attached hydrogens (primary N) is 1. The Balaban J connectivity index is 2.98. The second-order valence-corrected chi connectivity index (χ2v) is 4.38. The zero-order valence-electron chi connectivity index (χ0n) is 9.40. The van der Waals surface area contributed by atoms with Crippen LogP contribution in [-0.2, 0) is 4.79 Å². The normalized spacial score (nSPS) is 9.44. The van der Waals surface area contributed by atoms with Crippen molar-refractivity contribution in [2.24, 2.45) is 0 Å². The molecule has 0 saturated heterocycles. The number of halogens is 1. The predicted octanol–water partition coefficient (Wildman–Crippen LogP) is 1.95. The van der Waals surface area contributed by atoms with Crippen LogP contribution in [0.2, 0.25) is 0 Å². The Kier molecular flexibility index (Phi) is 4.68. The highest BCUT2D eigenvalue weighted by molar-refractivity contribution is 8.13. The van der Waals surface area contributed by atoms with Crippen molar-refractivity contribution in [2.45, 2.75) is 6.92 Å². The Hall–Kier alpha value is -2.07.